The van der Waals surface area contributed by atoms with Crippen LogP contribution < -0.4 is 14.8 Å². The molecular weight excluding hydrogens is 247 g/mol. The lowest BCUT2D eigenvalue weighted by Crippen LogP contribution is -2.04. The summed E-state index contributed by atoms with van der Waals surface area (Å²) in [4.78, 5) is 3.74. The number of rotatable bonds is 5. The quantitative estimate of drug-likeness (QED) is 0.841. The largest absolute Gasteiger partial charge is 0.493 e. The van der Waals surface area contributed by atoms with Crippen molar-refractivity contribution in [1.82, 2.24) is 4.98 Å². The summed E-state index contributed by atoms with van der Waals surface area (Å²) in [5, 5.41) is 3.04. The number of pyridine rings is 1. The van der Waals surface area contributed by atoms with Gasteiger partial charge in [-0.2, -0.15) is 4.39 Å². The molecule has 0 unspecified atom stereocenters. The van der Waals surface area contributed by atoms with Crippen molar-refractivity contribution in [2.75, 3.05) is 19.5 Å². The Balaban J connectivity index is 2.15. The average Bonchev–Trinajstić information content (AvgIpc) is 2.44. The van der Waals surface area contributed by atoms with Crippen LogP contribution in [0.4, 0.5) is 10.2 Å². The van der Waals surface area contributed by atoms with Crippen molar-refractivity contribution < 1.29 is 13.9 Å². The van der Waals surface area contributed by atoms with Crippen molar-refractivity contribution in [2.45, 2.75) is 6.54 Å². The Morgan fingerprint density at radius 3 is 2.58 bits per heavy atom. The first-order valence-electron chi connectivity index (χ1n) is 5.81. The third-order valence-corrected chi connectivity index (χ3v) is 2.66. The highest BCUT2D eigenvalue weighted by Crippen LogP contribution is 2.30. The van der Waals surface area contributed by atoms with Gasteiger partial charge in [0, 0.05) is 12.1 Å². The van der Waals surface area contributed by atoms with Gasteiger partial charge in [-0.1, -0.05) is 18.2 Å². The summed E-state index contributed by atoms with van der Waals surface area (Å²) in [5.41, 5.74) is 0.910. The van der Waals surface area contributed by atoms with Gasteiger partial charge in [0.15, 0.2) is 11.5 Å². The number of hydrogen-bond donors (Lipinski definition) is 1. The molecule has 1 aromatic carbocycles. The molecule has 1 aromatic heterocycles. The van der Waals surface area contributed by atoms with E-state index in [2.05, 4.69) is 10.3 Å². The van der Waals surface area contributed by atoms with Crippen LogP contribution in [0.25, 0.3) is 0 Å². The van der Waals surface area contributed by atoms with Crippen LogP contribution in [0.5, 0.6) is 11.5 Å². The summed E-state index contributed by atoms with van der Waals surface area (Å²) in [6.07, 6.45) is 0. The Hall–Kier alpha value is -2.30. The van der Waals surface area contributed by atoms with Gasteiger partial charge in [-0.15, -0.1) is 0 Å². The highest BCUT2D eigenvalue weighted by Gasteiger charge is 2.09. The normalized spacial score (nSPS) is 10.1. The van der Waals surface area contributed by atoms with Crippen molar-refractivity contribution in [3.63, 3.8) is 0 Å². The minimum Gasteiger partial charge on any atom is -0.493 e. The van der Waals surface area contributed by atoms with Crippen molar-refractivity contribution >= 4 is 5.82 Å². The monoisotopic (exact) mass is 262 g/mol. The molecule has 19 heavy (non-hydrogen) atoms. The molecule has 0 spiro atoms. The molecule has 0 aliphatic heterocycles. The highest BCUT2D eigenvalue weighted by molar-refractivity contribution is 5.48. The van der Waals surface area contributed by atoms with Crippen molar-refractivity contribution in [1.29, 1.82) is 0 Å². The van der Waals surface area contributed by atoms with Crippen LogP contribution in [0.1, 0.15) is 5.56 Å². The van der Waals surface area contributed by atoms with Crippen molar-refractivity contribution in [2.24, 2.45) is 0 Å². The lowest BCUT2D eigenvalue weighted by molar-refractivity contribution is 0.352. The van der Waals surface area contributed by atoms with Crippen LogP contribution in [-0.4, -0.2) is 19.2 Å². The lowest BCUT2D eigenvalue weighted by atomic mass is 10.2. The van der Waals surface area contributed by atoms with Crippen LogP contribution in [0.2, 0.25) is 0 Å². The van der Waals surface area contributed by atoms with E-state index in [4.69, 9.17) is 9.47 Å². The molecule has 1 heterocycles. The Morgan fingerprint density at radius 1 is 1.11 bits per heavy atom. The van der Waals surface area contributed by atoms with Crippen molar-refractivity contribution in [3.05, 3.63) is 47.9 Å². The summed E-state index contributed by atoms with van der Waals surface area (Å²) < 4.78 is 23.5. The van der Waals surface area contributed by atoms with Gasteiger partial charge < -0.3 is 14.8 Å². The molecular formula is C14H15FN2O2. The third-order valence-electron chi connectivity index (χ3n) is 2.66. The van der Waals surface area contributed by atoms with Gasteiger partial charge in [0.1, 0.15) is 5.82 Å². The number of halogens is 1. The predicted octanol–water partition coefficient (Wildman–Crippen LogP) is 2.85. The van der Waals surface area contributed by atoms with Crippen LogP contribution in [0.15, 0.2) is 36.4 Å². The number of ether oxygens (including phenoxy) is 2. The maximum atomic E-state index is 13.0. The number of anilines is 1. The van der Waals surface area contributed by atoms with E-state index >= 15 is 0 Å². The summed E-state index contributed by atoms with van der Waals surface area (Å²) >= 11 is 0. The Kier molecular flexibility index (Phi) is 4.18. The molecule has 0 saturated heterocycles. The van der Waals surface area contributed by atoms with Gasteiger partial charge in [0.2, 0.25) is 5.95 Å². The average molecular weight is 262 g/mol. The van der Waals surface area contributed by atoms with Gasteiger partial charge in [-0.05, 0) is 18.2 Å². The van der Waals surface area contributed by atoms with Gasteiger partial charge in [0.25, 0.3) is 0 Å². The lowest BCUT2D eigenvalue weighted by Gasteiger charge is -2.13. The number of para-hydroxylation sites is 1. The summed E-state index contributed by atoms with van der Waals surface area (Å²) in [7, 11) is 3.17. The Labute approximate surface area is 111 Å². The number of benzene rings is 1. The second kappa shape index (κ2) is 6.04. The topological polar surface area (TPSA) is 43.4 Å². The fourth-order valence-corrected chi connectivity index (χ4v) is 1.79. The molecule has 5 heteroatoms. The fraction of sp³-hybridized carbons (Fsp3) is 0.214. The Bertz CT molecular complexity index is 561. The van der Waals surface area contributed by atoms with E-state index < -0.39 is 5.95 Å². The molecule has 0 atom stereocenters. The molecule has 0 fully saturated rings. The zero-order valence-electron chi connectivity index (χ0n) is 10.8. The standard InChI is InChI=1S/C14H15FN2O2/c1-18-11-6-3-5-10(14(11)19-2)9-16-13-8-4-7-12(15)17-13/h3-8H,9H2,1-2H3,(H,16,17). The molecule has 0 amide bonds. The smallest absolute Gasteiger partial charge is 0.214 e. The van der Waals surface area contributed by atoms with E-state index in [1.54, 1.807) is 26.4 Å². The van der Waals surface area contributed by atoms with Gasteiger partial charge in [-0.3, -0.25) is 0 Å². The molecule has 0 aliphatic carbocycles. The number of nitrogens with zero attached hydrogens (tertiary/aromatic N) is 1. The first kappa shape index (κ1) is 13.1. The molecule has 0 saturated carbocycles. The van der Waals surface area contributed by atoms with E-state index in [-0.39, 0.29) is 0 Å². The van der Waals surface area contributed by atoms with Crippen molar-refractivity contribution in [3.8, 4) is 11.5 Å². The van der Waals surface area contributed by atoms with E-state index in [1.807, 2.05) is 18.2 Å². The molecule has 1 N–H and O–H groups in total. The summed E-state index contributed by atoms with van der Waals surface area (Å²) in [6.45, 7) is 0.469. The zero-order valence-corrected chi connectivity index (χ0v) is 10.8. The summed E-state index contributed by atoms with van der Waals surface area (Å²) in [6, 6.07) is 10.2. The molecule has 2 rings (SSSR count). The van der Waals surface area contributed by atoms with Gasteiger partial charge >= 0.3 is 0 Å². The van der Waals surface area contributed by atoms with E-state index in [0.717, 1.165) is 5.56 Å². The van der Waals surface area contributed by atoms with E-state index in [9.17, 15) is 4.39 Å². The second-order valence-electron chi connectivity index (χ2n) is 3.85. The molecule has 0 bridgehead atoms. The van der Waals surface area contributed by atoms with E-state index in [0.29, 0.717) is 23.9 Å². The minimum absolute atomic E-state index is 0.469. The van der Waals surface area contributed by atoms with E-state index in [1.165, 1.54) is 6.07 Å². The number of aromatic nitrogens is 1. The highest BCUT2D eigenvalue weighted by atomic mass is 19.1. The molecule has 4 nitrogen and oxygen atoms in total. The number of methoxy groups -OCH3 is 2. The fourth-order valence-electron chi connectivity index (χ4n) is 1.79. The Morgan fingerprint density at radius 2 is 1.89 bits per heavy atom. The number of nitrogens with one attached hydrogen (secondary N) is 1. The summed E-state index contributed by atoms with van der Waals surface area (Å²) in [5.74, 6) is 1.29. The predicted molar refractivity (Wildman–Crippen MR) is 71.1 cm³/mol. The second-order valence-corrected chi connectivity index (χ2v) is 3.85. The maximum absolute atomic E-state index is 13.0. The first-order valence-corrected chi connectivity index (χ1v) is 5.81. The molecule has 2 aromatic rings. The zero-order chi connectivity index (χ0) is 13.7. The first-order chi connectivity index (χ1) is 9.24. The van der Waals surface area contributed by atoms with Gasteiger partial charge in [0.05, 0.1) is 14.2 Å². The van der Waals surface area contributed by atoms with Gasteiger partial charge in [-0.25, -0.2) is 4.98 Å². The number of hydrogen-bond acceptors (Lipinski definition) is 4. The van der Waals surface area contributed by atoms with Crippen LogP contribution >= 0.6 is 0 Å². The third kappa shape index (κ3) is 3.13. The van der Waals surface area contributed by atoms with Crippen LogP contribution in [0.3, 0.4) is 0 Å². The maximum Gasteiger partial charge on any atom is 0.214 e. The van der Waals surface area contributed by atoms with Crippen LogP contribution in [-0.2, 0) is 6.54 Å². The molecule has 100 valence electrons. The SMILES string of the molecule is COc1cccc(CNc2cccc(F)n2)c1OC. The molecule has 0 aliphatic rings. The minimum atomic E-state index is -0.511. The van der Waals surface area contributed by atoms with Crippen LogP contribution in [0, 0.1) is 5.95 Å². The molecule has 0 radical (unpaired) electrons.